The Bertz CT molecular complexity index is 5850. The molecule has 12 aromatic carbocycles. The van der Waals surface area contributed by atoms with Gasteiger partial charge in [0, 0.05) is 108 Å². The van der Waals surface area contributed by atoms with Crippen molar-refractivity contribution < 1.29 is 34.7 Å². The summed E-state index contributed by atoms with van der Waals surface area (Å²) in [6, 6.07) is 121. The smallest absolute Gasteiger partial charge is 0.850 e. The Morgan fingerprint density at radius 1 is 0.364 bits per heavy atom. The normalized spacial score (nSPS) is 15.3. The molecule has 3 atom stereocenters. The number of anilines is 11. The second kappa shape index (κ2) is 37.7. The fraction of sp³-hybridized carbons (Fsp3) is 0.200. The van der Waals surface area contributed by atoms with Gasteiger partial charge in [0.05, 0.1) is 22.7 Å². The Morgan fingerprint density at radius 2 is 0.702 bits per heavy atom. The monoisotopic (exact) mass is 1680 g/mol. The van der Waals surface area contributed by atoms with Crippen LogP contribution in [0.3, 0.4) is 0 Å². The molecule has 1 N–H and O–H groups in total. The average Bonchev–Trinajstić information content (AvgIpc) is 1.47. The van der Waals surface area contributed by atoms with Gasteiger partial charge in [0.15, 0.2) is 23.3 Å². The Balaban J connectivity index is 0.000000143. The minimum atomic E-state index is -0.750. The number of hydrogen-bond acceptors (Lipinski definition) is 9. The van der Waals surface area contributed by atoms with Gasteiger partial charge in [-0.3, -0.25) is 4.90 Å². The van der Waals surface area contributed by atoms with Crippen molar-refractivity contribution in [1.82, 2.24) is 39.1 Å². The van der Waals surface area contributed by atoms with Crippen LogP contribution in [0.2, 0.25) is 0 Å². The van der Waals surface area contributed by atoms with Gasteiger partial charge in [-0.15, -0.1) is 20.9 Å². The van der Waals surface area contributed by atoms with Crippen molar-refractivity contribution in [2.24, 2.45) is 0 Å². The molecule has 1 aliphatic carbocycles. The molecule has 16 heteroatoms. The van der Waals surface area contributed by atoms with Gasteiger partial charge in [0.25, 0.3) is 0 Å². The van der Waals surface area contributed by atoms with Crippen LogP contribution in [0.4, 0.5) is 63.1 Å². The minimum absolute atomic E-state index is 0. The zero-order valence-electron chi connectivity index (χ0n) is 72.4. The molecule has 16 aromatic rings. The number of aryl methyl sites for hydroxylation is 6. The number of aromatic nitrogens is 8. The fourth-order valence-electron chi connectivity index (χ4n) is 16.7. The van der Waals surface area contributed by atoms with Crippen molar-refractivity contribution in [3.63, 3.8) is 0 Å². The zero-order chi connectivity index (χ0) is 84.5. The first-order valence-corrected chi connectivity index (χ1v) is 43.2. The molecule has 18 rings (SSSR count). The number of para-hydroxylation sites is 4. The maximum Gasteiger partial charge on any atom is 1.00 e. The molecule has 606 valence electrons. The van der Waals surface area contributed by atoms with Crippen LogP contribution >= 0.6 is 23.9 Å². The molecule has 13 nitrogen and oxygen atoms in total. The molecule has 5 heterocycles. The van der Waals surface area contributed by atoms with Crippen molar-refractivity contribution in [3.05, 3.63) is 413 Å². The summed E-state index contributed by atoms with van der Waals surface area (Å²) in [5.41, 5.74) is 23.0. The Labute approximate surface area is 747 Å². The van der Waals surface area contributed by atoms with E-state index in [9.17, 15) is 5.11 Å². The second-order valence-electron chi connectivity index (χ2n) is 33.7. The first kappa shape index (κ1) is 87.4. The standard InChI is InChI=1S/C39H34N6.C23H29P.C20H18BrN.C19H17N5.C4H9O.Na/c1-29-14-18-33(19-15-29)43(34-20-16-30(2)17-21-34)35-22-24-36(25-23-35)44(38-26-27-42(40-38)32-10-6-4-7-11-32)39-28-31(3)45(41-39)37-12-8-5-9-13-37;1-20(2,3)24-21(4,5)18-14-10-11-15-19(18)23(16-22(23,24)6)17-12-8-7-9-13-17;1-15-3-9-18(10-4-15)22(19-11-5-16(2)6-12-19)20-13-7-17(21)8-14-20;1-15-14-19(22-24(15)17-10-6-3-7-11-17)20-18-12-13-23(21-18)16-8-4-2-5-9-16;1-4(2,3)5;/h4-28H,1-3H3;7-15H,16H2,1-6H3;3-14H,1-2H3;2-14H,1H3,(H,20,21,22);1-3H3;/q;;;;-1;+1. The van der Waals surface area contributed by atoms with Gasteiger partial charge in [0.2, 0.25) is 0 Å². The molecule has 0 amide bonds. The number of benzene rings is 12. The molecular formula is C105H107BrN12NaOP. The SMILES string of the molecule is CC(C)(C)P1C(C)(C)c2ccccc2C2(c3ccccc3)CC12C.CC(C)(C)[O-].Cc1cc(Nc2ccn(-c3ccccc3)n2)nn1-c1ccccc1.Cc1ccc(N(c2ccc(C)cc2)c2ccc(Br)cc2)cc1.Cc1ccc(N(c2ccc(C)cc2)c2ccc(N(c3ccn(-c4ccccc4)n3)c3cc(C)n(-c4ccccc4)n3)cc2)cc1.[Na+]. The van der Waals surface area contributed by atoms with Gasteiger partial charge >= 0.3 is 29.6 Å². The molecule has 0 saturated heterocycles. The van der Waals surface area contributed by atoms with Crippen molar-refractivity contribution in [3.8, 4) is 22.7 Å². The molecular weight excluding hydrogens is 1580 g/mol. The zero-order valence-corrected chi connectivity index (χ0v) is 76.9. The first-order chi connectivity index (χ1) is 57.6. The third kappa shape index (κ3) is 20.3. The summed E-state index contributed by atoms with van der Waals surface area (Å²) in [7, 11) is -0.184. The maximum absolute atomic E-state index is 10.1. The van der Waals surface area contributed by atoms with Crippen molar-refractivity contribution >= 4 is 86.9 Å². The Hall–Kier alpha value is -11.5. The molecule has 2 aliphatic rings. The summed E-state index contributed by atoms with van der Waals surface area (Å²) < 4.78 is 8.71. The van der Waals surface area contributed by atoms with E-state index in [-0.39, 0.29) is 48.0 Å². The molecule has 1 saturated carbocycles. The van der Waals surface area contributed by atoms with E-state index in [0.717, 1.165) is 102 Å². The molecule has 0 bridgehead atoms. The molecule has 1 fully saturated rings. The van der Waals surface area contributed by atoms with E-state index in [1.807, 2.05) is 153 Å². The van der Waals surface area contributed by atoms with Crippen LogP contribution in [-0.2, 0) is 10.6 Å². The van der Waals surface area contributed by atoms with Gasteiger partial charge in [-0.25, -0.2) is 18.7 Å². The predicted molar refractivity (Wildman–Crippen MR) is 504 cm³/mol. The van der Waals surface area contributed by atoms with E-state index in [1.54, 1.807) is 31.9 Å². The van der Waals surface area contributed by atoms with Crippen molar-refractivity contribution in [2.75, 3.05) is 20.0 Å². The summed E-state index contributed by atoms with van der Waals surface area (Å²) in [4.78, 5) is 6.66. The van der Waals surface area contributed by atoms with E-state index < -0.39 is 5.60 Å². The number of fused-ring (bicyclic) bond motifs is 3. The minimum Gasteiger partial charge on any atom is -0.850 e. The van der Waals surface area contributed by atoms with Crippen LogP contribution in [0.5, 0.6) is 0 Å². The third-order valence-electron chi connectivity index (χ3n) is 21.7. The molecule has 0 radical (unpaired) electrons. The Kier molecular flexibility index (Phi) is 27.2. The predicted octanol–water partition coefficient (Wildman–Crippen LogP) is 24.4. The maximum atomic E-state index is 10.1. The van der Waals surface area contributed by atoms with Gasteiger partial charge in [-0.05, 0) is 215 Å². The van der Waals surface area contributed by atoms with Gasteiger partial charge in [0.1, 0.15) is 0 Å². The van der Waals surface area contributed by atoms with E-state index in [4.69, 9.17) is 10.2 Å². The van der Waals surface area contributed by atoms with E-state index >= 15 is 0 Å². The van der Waals surface area contributed by atoms with E-state index in [2.05, 4.69) is 353 Å². The number of halogens is 1. The van der Waals surface area contributed by atoms with Gasteiger partial charge < -0.3 is 20.2 Å². The van der Waals surface area contributed by atoms with Gasteiger partial charge in [-0.1, -0.05) is 284 Å². The van der Waals surface area contributed by atoms with Crippen LogP contribution in [0.1, 0.15) is 119 Å². The van der Waals surface area contributed by atoms with Crippen molar-refractivity contribution in [2.45, 2.75) is 137 Å². The fourth-order valence-corrected chi connectivity index (χ4v) is 22.8. The van der Waals surface area contributed by atoms with Crippen LogP contribution in [0, 0.1) is 41.5 Å². The molecule has 3 unspecified atom stereocenters. The Morgan fingerprint density at radius 3 is 1.12 bits per heavy atom. The van der Waals surface area contributed by atoms with Crippen LogP contribution in [-0.4, -0.2) is 55.0 Å². The molecule has 4 aromatic heterocycles. The van der Waals surface area contributed by atoms with Gasteiger partial charge in [-0.2, -0.15) is 5.10 Å². The number of nitrogens with one attached hydrogen (secondary N) is 1. The average molecular weight is 1690 g/mol. The van der Waals surface area contributed by atoms with Crippen LogP contribution < -0.4 is 54.7 Å². The topological polar surface area (TPSA) is 116 Å². The van der Waals surface area contributed by atoms with Crippen molar-refractivity contribution in [1.29, 1.82) is 0 Å². The summed E-state index contributed by atoms with van der Waals surface area (Å²) in [5.74, 6) is 3.10. The molecule has 121 heavy (non-hydrogen) atoms. The van der Waals surface area contributed by atoms with E-state index in [1.165, 1.54) is 34.2 Å². The van der Waals surface area contributed by atoms with Crippen LogP contribution in [0.15, 0.2) is 363 Å². The summed E-state index contributed by atoms with van der Waals surface area (Å²) >= 11 is 3.51. The largest absolute Gasteiger partial charge is 1.00 e. The number of hydrogen-bond donors (Lipinski definition) is 1. The number of rotatable bonds is 16. The summed E-state index contributed by atoms with van der Waals surface area (Å²) in [6.45, 7) is 32.4. The molecule has 1 aliphatic heterocycles. The quantitative estimate of drug-likeness (QED) is 0.0746. The summed E-state index contributed by atoms with van der Waals surface area (Å²) in [5, 5.41) is 33.6. The third-order valence-corrected chi connectivity index (χ3v) is 26.5. The first-order valence-electron chi connectivity index (χ1n) is 41.0. The number of nitrogens with zero attached hydrogens (tertiary/aromatic N) is 11. The van der Waals surface area contributed by atoms with Crippen LogP contribution in [0.25, 0.3) is 22.7 Å². The molecule has 0 spiro atoms. The summed E-state index contributed by atoms with van der Waals surface area (Å²) in [6.07, 6.45) is 5.22. The van der Waals surface area contributed by atoms with E-state index in [0.29, 0.717) is 10.3 Å². The second-order valence-corrected chi connectivity index (χ2v) is 38.7.